The fraction of sp³-hybridized carbons (Fsp3) is 0.200. The lowest BCUT2D eigenvalue weighted by molar-refractivity contribution is 1.02. The molecule has 0 aliphatic carbocycles. The molecule has 0 saturated heterocycles. The van der Waals surface area contributed by atoms with Crippen LogP contribution in [0.4, 0.5) is 5.69 Å². The van der Waals surface area contributed by atoms with E-state index in [2.05, 4.69) is 42.6 Å². The molecule has 0 bridgehead atoms. The van der Waals surface area contributed by atoms with Gasteiger partial charge >= 0.3 is 0 Å². The summed E-state index contributed by atoms with van der Waals surface area (Å²) in [7, 11) is 0. The Morgan fingerprint density at radius 3 is 2.69 bits per heavy atom. The van der Waals surface area contributed by atoms with E-state index in [0.29, 0.717) is 0 Å². The summed E-state index contributed by atoms with van der Waals surface area (Å²) in [5.74, 6) is 0. The van der Waals surface area contributed by atoms with E-state index >= 15 is 0 Å². The van der Waals surface area contributed by atoms with Crippen molar-refractivity contribution >= 4 is 5.69 Å². The first-order valence-electron chi connectivity index (χ1n) is 5.60. The molecule has 0 saturated carbocycles. The van der Waals surface area contributed by atoms with Gasteiger partial charge in [0.05, 0.1) is 0 Å². The molecule has 0 aliphatic rings. The van der Waals surface area contributed by atoms with Gasteiger partial charge in [-0.3, -0.25) is 0 Å². The van der Waals surface area contributed by atoms with E-state index in [9.17, 15) is 0 Å². The van der Waals surface area contributed by atoms with Gasteiger partial charge in [-0.05, 0) is 37.1 Å². The minimum Gasteiger partial charge on any atom is -0.385 e. The molecule has 0 unspecified atom stereocenters. The number of hydrogen-bond acceptors (Lipinski definition) is 1. The standard InChI is InChI=1S/C15H16N/c1-13-6-5-7-14(12-13)10-11-16-15-8-3-2-4-9-15/h3-9,12,16H,10-11H2,1H3. The molecule has 1 radical (unpaired) electrons. The van der Waals surface area contributed by atoms with E-state index in [-0.39, 0.29) is 0 Å². The Balaban J connectivity index is 1.85. The zero-order valence-corrected chi connectivity index (χ0v) is 9.53. The number of aryl methyl sites for hydroxylation is 1. The summed E-state index contributed by atoms with van der Waals surface area (Å²) in [6, 6.07) is 19.6. The highest BCUT2D eigenvalue weighted by Gasteiger charge is 1.93. The monoisotopic (exact) mass is 210 g/mol. The predicted molar refractivity (Wildman–Crippen MR) is 68.7 cm³/mol. The van der Waals surface area contributed by atoms with Gasteiger partial charge in [-0.25, -0.2) is 0 Å². The SMILES string of the molecule is Cc1cccc(CCNc2cc[c]cc2)c1. The summed E-state index contributed by atoms with van der Waals surface area (Å²) < 4.78 is 0. The van der Waals surface area contributed by atoms with E-state index in [1.165, 1.54) is 11.1 Å². The molecular formula is C15H16N. The van der Waals surface area contributed by atoms with E-state index in [4.69, 9.17) is 0 Å². The second-order valence-electron chi connectivity index (χ2n) is 3.95. The number of nitrogens with one attached hydrogen (secondary N) is 1. The van der Waals surface area contributed by atoms with Crippen LogP contribution in [0.5, 0.6) is 0 Å². The molecule has 0 amide bonds. The number of benzene rings is 2. The van der Waals surface area contributed by atoms with Gasteiger partial charge in [-0.15, -0.1) is 0 Å². The van der Waals surface area contributed by atoms with Crippen molar-refractivity contribution in [1.29, 1.82) is 0 Å². The molecule has 0 fully saturated rings. The Bertz CT molecular complexity index is 434. The first-order valence-corrected chi connectivity index (χ1v) is 5.60. The zero-order valence-electron chi connectivity index (χ0n) is 9.53. The van der Waals surface area contributed by atoms with Crippen LogP contribution in [-0.4, -0.2) is 6.54 Å². The summed E-state index contributed by atoms with van der Waals surface area (Å²) in [6.07, 6.45) is 1.06. The van der Waals surface area contributed by atoms with Crippen LogP contribution in [-0.2, 0) is 6.42 Å². The third-order valence-corrected chi connectivity index (χ3v) is 2.54. The lowest BCUT2D eigenvalue weighted by Crippen LogP contribution is -2.04. The Morgan fingerprint density at radius 2 is 1.94 bits per heavy atom. The largest absolute Gasteiger partial charge is 0.385 e. The van der Waals surface area contributed by atoms with Crippen molar-refractivity contribution in [3.05, 3.63) is 65.7 Å². The van der Waals surface area contributed by atoms with Gasteiger partial charge in [-0.1, -0.05) is 42.0 Å². The van der Waals surface area contributed by atoms with Crippen LogP contribution in [0.15, 0.2) is 48.5 Å². The normalized spacial score (nSPS) is 10.1. The molecule has 2 rings (SSSR count). The van der Waals surface area contributed by atoms with Crippen LogP contribution >= 0.6 is 0 Å². The van der Waals surface area contributed by atoms with Crippen LogP contribution in [0.1, 0.15) is 11.1 Å². The highest BCUT2D eigenvalue weighted by molar-refractivity contribution is 5.42. The van der Waals surface area contributed by atoms with Gasteiger partial charge < -0.3 is 5.32 Å². The van der Waals surface area contributed by atoms with Crippen LogP contribution in [0.2, 0.25) is 0 Å². The minimum absolute atomic E-state index is 0.966. The molecule has 16 heavy (non-hydrogen) atoms. The summed E-state index contributed by atoms with van der Waals surface area (Å²) >= 11 is 0. The maximum Gasteiger partial charge on any atom is 0.0340 e. The van der Waals surface area contributed by atoms with Crippen molar-refractivity contribution in [2.75, 3.05) is 11.9 Å². The third kappa shape index (κ3) is 3.13. The van der Waals surface area contributed by atoms with Crippen molar-refractivity contribution in [2.24, 2.45) is 0 Å². The molecule has 1 N–H and O–H groups in total. The number of anilines is 1. The molecule has 0 aromatic heterocycles. The Kier molecular flexibility index (Phi) is 3.60. The zero-order chi connectivity index (χ0) is 11.2. The Hall–Kier alpha value is -1.76. The predicted octanol–water partition coefficient (Wildman–Crippen LogP) is 3.45. The lowest BCUT2D eigenvalue weighted by atomic mass is 10.1. The summed E-state index contributed by atoms with van der Waals surface area (Å²) in [6.45, 7) is 3.09. The quantitative estimate of drug-likeness (QED) is 0.815. The first kappa shape index (κ1) is 10.7. The summed E-state index contributed by atoms with van der Waals surface area (Å²) in [5, 5.41) is 3.39. The fourth-order valence-corrected chi connectivity index (χ4v) is 1.72. The molecule has 0 atom stereocenters. The molecule has 2 aromatic rings. The highest BCUT2D eigenvalue weighted by Crippen LogP contribution is 2.07. The topological polar surface area (TPSA) is 12.0 Å². The molecule has 1 heteroatoms. The van der Waals surface area contributed by atoms with Crippen LogP contribution in [0.3, 0.4) is 0 Å². The van der Waals surface area contributed by atoms with Gasteiger partial charge in [0.15, 0.2) is 0 Å². The molecule has 2 aromatic carbocycles. The van der Waals surface area contributed by atoms with Gasteiger partial charge in [0.1, 0.15) is 0 Å². The first-order chi connectivity index (χ1) is 7.84. The second kappa shape index (κ2) is 5.36. The van der Waals surface area contributed by atoms with Gasteiger partial charge in [-0.2, -0.15) is 0 Å². The summed E-state index contributed by atoms with van der Waals surface area (Å²) in [5.41, 5.74) is 3.87. The fourth-order valence-electron chi connectivity index (χ4n) is 1.72. The molecular weight excluding hydrogens is 194 g/mol. The average molecular weight is 210 g/mol. The van der Waals surface area contributed by atoms with Crippen LogP contribution in [0.25, 0.3) is 0 Å². The van der Waals surface area contributed by atoms with Crippen molar-refractivity contribution < 1.29 is 0 Å². The molecule has 0 spiro atoms. The van der Waals surface area contributed by atoms with E-state index in [1.54, 1.807) is 0 Å². The van der Waals surface area contributed by atoms with Crippen molar-refractivity contribution in [1.82, 2.24) is 0 Å². The van der Waals surface area contributed by atoms with Crippen molar-refractivity contribution in [2.45, 2.75) is 13.3 Å². The highest BCUT2D eigenvalue weighted by atomic mass is 14.9. The second-order valence-corrected chi connectivity index (χ2v) is 3.95. The third-order valence-electron chi connectivity index (χ3n) is 2.54. The molecule has 81 valence electrons. The lowest BCUT2D eigenvalue weighted by Gasteiger charge is -2.06. The van der Waals surface area contributed by atoms with E-state index in [0.717, 1.165) is 18.7 Å². The van der Waals surface area contributed by atoms with Crippen LogP contribution < -0.4 is 5.32 Å². The van der Waals surface area contributed by atoms with E-state index in [1.807, 2.05) is 24.3 Å². The molecule has 1 nitrogen and oxygen atoms in total. The molecule has 0 aliphatic heterocycles. The molecule has 0 heterocycles. The number of rotatable bonds is 4. The van der Waals surface area contributed by atoms with Gasteiger partial charge in [0, 0.05) is 12.2 Å². The van der Waals surface area contributed by atoms with Crippen molar-refractivity contribution in [3.63, 3.8) is 0 Å². The summed E-state index contributed by atoms with van der Waals surface area (Å²) in [4.78, 5) is 0. The van der Waals surface area contributed by atoms with Gasteiger partial charge in [0.2, 0.25) is 0 Å². The van der Waals surface area contributed by atoms with Gasteiger partial charge in [0.25, 0.3) is 0 Å². The van der Waals surface area contributed by atoms with Crippen molar-refractivity contribution in [3.8, 4) is 0 Å². The average Bonchev–Trinajstić information content (AvgIpc) is 2.30. The van der Waals surface area contributed by atoms with Crippen LogP contribution in [0, 0.1) is 13.0 Å². The number of hydrogen-bond donors (Lipinski definition) is 1. The Morgan fingerprint density at radius 1 is 1.12 bits per heavy atom. The maximum absolute atomic E-state index is 3.39. The Labute approximate surface area is 97.1 Å². The smallest absolute Gasteiger partial charge is 0.0340 e. The van der Waals surface area contributed by atoms with E-state index < -0.39 is 0 Å². The maximum atomic E-state index is 3.39. The minimum atomic E-state index is 0.966.